The Morgan fingerprint density at radius 1 is 1.32 bits per heavy atom. The number of aryl methyl sites for hydroxylation is 1. The molecule has 0 spiro atoms. The molecule has 1 N–H and O–H groups in total. The molecule has 2 aromatic heterocycles. The molecule has 0 radical (unpaired) electrons. The van der Waals surface area contributed by atoms with E-state index in [0.717, 1.165) is 0 Å². The van der Waals surface area contributed by atoms with E-state index in [4.69, 9.17) is 4.74 Å². The summed E-state index contributed by atoms with van der Waals surface area (Å²) in [5.74, 6) is 0.676. The molecule has 7 nitrogen and oxygen atoms in total. The van der Waals surface area contributed by atoms with Crippen molar-refractivity contribution in [2.45, 2.75) is 12.6 Å². The number of nitrogens with zero attached hydrogens (tertiary/aromatic N) is 4. The van der Waals surface area contributed by atoms with E-state index in [9.17, 15) is 9.90 Å². The molecular weight excluding hydrogens is 284 g/mol. The highest BCUT2D eigenvalue weighted by molar-refractivity contribution is 5.72. The lowest BCUT2D eigenvalue weighted by molar-refractivity contribution is 0.0915. The molecule has 1 atom stereocenters. The second-order valence-electron chi connectivity index (χ2n) is 4.99. The van der Waals surface area contributed by atoms with Crippen molar-refractivity contribution in [2.24, 2.45) is 7.05 Å². The van der Waals surface area contributed by atoms with Crippen LogP contribution in [0.25, 0.3) is 11.0 Å². The number of benzene rings is 1. The van der Waals surface area contributed by atoms with Gasteiger partial charge in [-0.05, 0) is 12.1 Å². The van der Waals surface area contributed by atoms with Crippen molar-refractivity contribution in [1.29, 1.82) is 0 Å². The van der Waals surface area contributed by atoms with Gasteiger partial charge in [0.2, 0.25) is 0 Å². The summed E-state index contributed by atoms with van der Waals surface area (Å²) in [5.41, 5.74) is 0.299. The van der Waals surface area contributed by atoms with Gasteiger partial charge in [0.05, 0.1) is 12.7 Å². The number of fused-ring (bicyclic) bond motifs is 1. The molecule has 0 saturated carbocycles. The number of aliphatic hydroxyl groups is 1. The van der Waals surface area contributed by atoms with Crippen LogP contribution in [0.3, 0.4) is 0 Å². The molecule has 0 saturated heterocycles. The molecule has 0 bridgehead atoms. The van der Waals surface area contributed by atoms with Gasteiger partial charge in [-0.15, -0.1) is 0 Å². The Morgan fingerprint density at radius 2 is 2.09 bits per heavy atom. The molecule has 0 fully saturated rings. The molecule has 0 unspecified atom stereocenters. The lowest BCUT2D eigenvalue weighted by Crippen LogP contribution is -2.30. The van der Waals surface area contributed by atoms with Gasteiger partial charge < -0.3 is 9.84 Å². The maximum atomic E-state index is 12.3. The normalized spacial score (nSPS) is 12.5. The zero-order valence-electron chi connectivity index (χ0n) is 12.1. The largest absolute Gasteiger partial charge is 0.491 e. The van der Waals surface area contributed by atoms with Crippen molar-refractivity contribution in [3.63, 3.8) is 0 Å². The van der Waals surface area contributed by atoms with Crippen molar-refractivity contribution in [3.05, 3.63) is 53.2 Å². The van der Waals surface area contributed by atoms with Gasteiger partial charge in [0.1, 0.15) is 30.2 Å². The second kappa shape index (κ2) is 5.98. The van der Waals surface area contributed by atoms with Crippen LogP contribution in [0.5, 0.6) is 5.75 Å². The monoisotopic (exact) mass is 300 g/mol. The summed E-state index contributed by atoms with van der Waals surface area (Å²) >= 11 is 0. The van der Waals surface area contributed by atoms with Crippen LogP contribution in [0.4, 0.5) is 0 Å². The average molecular weight is 300 g/mol. The average Bonchev–Trinajstić information content (AvgIpc) is 2.91. The quantitative estimate of drug-likeness (QED) is 0.745. The van der Waals surface area contributed by atoms with Crippen LogP contribution in [0.15, 0.2) is 47.7 Å². The topological polar surface area (TPSA) is 82.2 Å². The predicted octanol–water partition coefficient (Wildman–Crippen LogP) is 0.570. The van der Waals surface area contributed by atoms with Gasteiger partial charge in [-0.2, -0.15) is 5.10 Å². The van der Waals surface area contributed by atoms with E-state index in [0.29, 0.717) is 16.8 Å². The minimum absolute atomic E-state index is 0.0987. The zero-order chi connectivity index (χ0) is 15.5. The van der Waals surface area contributed by atoms with Crippen LogP contribution >= 0.6 is 0 Å². The van der Waals surface area contributed by atoms with Crippen molar-refractivity contribution >= 4 is 11.0 Å². The Hall–Kier alpha value is -2.67. The molecule has 0 aliphatic carbocycles. The van der Waals surface area contributed by atoms with Crippen LogP contribution in [0, 0.1) is 0 Å². The first-order valence-corrected chi connectivity index (χ1v) is 6.88. The molecule has 0 amide bonds. The molecule has 3 aromatic rings. The summed E-state index contributed by atoms with van der Waals surface area (Å²) < 4.78 is 8.37. The summed E-state index contributed by atoms with van der Waals surface area (Å²) in [7, 11) is 1.72. The summed E-state index contributed by atoms with van der Waals surface area (Å²) in [6.07, 6.45) is 2.08. The Bertz CT molecular complexity index is 826. The minimum Gasteiger partial charge on any atom is -0.491 e. The molecule has 114 valence electrons. The zero-order valence-corrected chi connectivity index (χ0v) is 12.1. The van der Waals surface area contributed by atoms with Crippen molar-refractivity contribution in [3.8, 4) is 5.75 Å². The van der Waals surface area contributed by atoms with E-state index in [2.05, 4.69) is 10.1 Å². The van der Waals surface area contributed by atoms with Crippen LogP contribution in [-0.2, 0) is 13.6 Å². The fourth-order valence-electron chi connectivity index (χ4n) is 2.19. The standard InChI is InChI=1S/C15H16N4O3/c1-18-14-13(7-17-18)15(21)19(10-16-14)8-11(20)9-22-12-5-3-2-4-6-12/h2-7,10-11,20H,8-9H2,1H3/t11-/m1/s1. The maximum Gasteiger partial charge on any atom is 0.264 e. The minimum atomic E-state index is -0.811. The van der Waals surface area contributed by atoms with Gasteiger partial charge in [0.15, 0.2) is 5.65 Å². The molecule has 3 rings (SSSR count). The van der Waals surface area contributed by atoms with Crippen LogP contribution in [0.2, 0.25) is 0 Å². The summed E-state index contributed by atoms with van der Waals surface area (Å²) in [6.45, 7) is 0.213. The Kier molecular flexibility index (Phi) is 3.88. The van der Waals surface area contributed by atoms with Gasteiger partial charge in [0, 0.05) is 7.05 Å². The third kappa shape index (κ3) is 2.84. The number of aromatic nitrogens is 4. The lowest BCUT2D eigenvalue weighted by atomic mass is 10.3. The first-order valence-electron chi connectivity index (χ1n) is 6.88. The highest BCUT2D eigenvalue weighted by atomic mass is 16.5. The molecule has 0 aliphatic rings. The van der Waals surface area contributed by atoms with Crippen molar-refractivity contribution in [1.82, 2.24) is 19.3 Å². The number of rotatable bonds is 5. The Labute approximate surface area is 126 Å². The Morgan fingerprint density at radius 3 is 2.86 bits per heavy atom. The molecular formula is C15H16N4O3. The fourth-order valence-corrected chi connectivity index (χ4v) is 2.19. The summed E-state index contributed by atoms with van der Waals surface area (Å²) in [5, 5.41) is 14.5. The number of hydrogen-bond donors (Lipinski definition) is 1. The third-order valence-corrected chi connectivity index (χ3v) is 3.31. The van der Waals surface area contributed by atoms with Crippen LogP contribution in [-0.4, -0.2) is 37.1 Å². The first kappa shape index (κ1) is 14.3. The number of para-hydroxylation sites is 1. The molecule has 0 aliphatic heterocycles. The fraction of sp³-hybridized carbons (Fsp3) is 0.267. The van der Waals surface area contributed by atoms with Gasteiger partial charge in [-0.1, -0.05) is 18.2 Å². The second-order valence-corrected chi connectivity index (χ2v) is 4.99. The first-order chi connectivity index (χ1) is 10.6. The van der Waals surface area contributed by atoms with E-state index < -0.39 is 6.10 Å². The van der Waals surface area contributed by atoms with Gasteiger partial charge in [-0.25, -0.2) is 4.98 Å². The van der Waals surface area contributed by atoms with Gasteiger partial charge in [-0.3, -0.25) is 14.0 Å². The SMILES string of the molecule is Cn1ncc2c(=O)n(C[C@@H](O)COc3ccccc3)cnc21. The Balaban J connectivity index is 1.70. The van der Waals surface area contributed by atoms with E-state index in [-0.39, 0.29) is 18.7 Å². The summed E-state index contributed by atoms with van der Waals surface area (Å²) in [6, 6.07) is 9.21. The third-order valence-electron chi connectivity index (χ3n) is 3.31. The maximum absolute atomic E-state index is 12.3. The van der Waals surface area contributed by atoms with Crippen molar-refractivity contribution in [2.75, 3.05) is 6.61 Å². The van der Waals surface area contributed by atoms with Gasteiger partial charge >= 0.3 is 0 Å². The van der Waals surface area contributed by atoms with Crippen LogP contribution < -0.4 is 10.3 Å². The van der Waals surface area contributed by atoms with E-state index in [1.54, 1.807) is 7.05 Å². The van der Waals surface area contributed by atoms with E-state index in [1.807, 2.05) is 30.3 Å². The van der Waals surface area contributed by atoms with Gasteiger partial charge in [0.25, 0.3) is 5.56 Å². The van der Waals surface area contributed by atoms with Crippen LogP contribution in [0.1, 0.15) is 0 Å². The molecule has 22 heavy (non-hydrogen) atoms. The molecule has 2 heterocycles. The smallest absolute Gasteiger partial charge is 0.264 e. The highest BCUT2D eigenvalue weighted by Crippen LogP contribution is 2.09. The number of aliphatic hydroxyl groups excluding tert-OH is 1. The predicted molar refractivity (Wildman–Crippen MR) is 80.7 cm³/mol. The molecule has 7 heteroatoms. The lowest BCUT2D eigenvalue weighted by Gasteiger charge is -2.13. The number of hydrogen-bond acceptors (Lipinski definition) is 5. The number of ether oxygens (including phenoxy) is 1. The van der Waals surface area contributed by atoms with E-state index in [1.165, 1.54) is 21.8 Å². The highest BCUT2D eigenvalue weighted by Gasteiger charge is 2.12. The summed E-state index contributed by atoms with van der Waals surface area (Å²) in [4.78, 5) is 16.5. The van der Waals surface area contributed by atoms with E-state index >= 15 is 0 Å². The molecule has 1 aromatic carbocycles. The van der Waals surface area contributed by atoms with Crippen molar-refractivity contribution < 1.29 is 9.84 Å².